The molecule has 0 atom stereocenters. The number of nitrogens with one attached hydrogen (secondary N) is 1. The molecule has 0 unspecified atom stereocenters. The minimum Gasteiger partial charge on any atom is -0.462 e. The van der Waals surface area contributed by atoms with Crippen LogP contribution in [-0.2, 0) is 16.1 Å². The van der Waals surface area contributed by atoms with Crippen LogP contribution in [0.25, 0.3) is 11.1 Å². The maximum Gasteiger partial charge on any atom is 0.341 e. The van der Waals surface area contributed by atoms with Crippen LogP contribution in [0.15, 0.2) is 46.3 Å². The first-order valence-corrected chi connectivity index (χ1v) is 11.9. The van der Waals surface area contributed by atoms with Crippen LogP contribution in [0.2, 0.25) is 0 Å². The van der Waals surface area contributed by atoms with E-state index in [2.05, 4.69) is 20.3 Å². The van der Waals surface area contributed by atoms with Crippen LogP contribution < -0.4 is 5.32 Å². The van der Waals surface area contributed by atoms with E-state index in [1.54, 1.807) is 6.92 Å². The summed E-state index contributed by atoms with van der Waals surface area (Å²) in [7, 11) is 0. The molecule has 3 aromatic rings. The van der Waals surface area contributed by atoms with E-state index in [0.717, 1.165) is 55.3 Å². The molecule has 2 aromatic heterocycles. The van der Waals surface area contributed by atoms with E-state index in [4.69, 9.17) is 9.26 Å². The van der Waals surface area contributed by atoms with Crippen LogP contribution in [0.1, 0.15) is 28.7 Å². The summed E-state index contributed by atoms with van der Waals surface area (Å²) in [6, 6.07) is 11.6. The average Bonchev–Trinajstić information content (AvgIpc) is 3.41. The largest absolute Gasteiger partial charge is 0.462 e. The van der Waals surface area contributed by atoms with Crippen molar-refractivity contribution in [3.05, 3.63) is 58.8 Å². The molecule has 3 heterocycles. The van der Waals surface area contributed by atoms with Gasteiger partial charge in [-0.1, -0.05) is 35.5 Å². The number of amides is 1. The molecular weight excluding hydrogens is 440 g/mol. The van der Waals surface area contributed by atoms with Gasteiger partial charge in [0.15, 0.2) is 5.76 Å². The topological polar surface area (TPSA) is 87.9 Å². The molecule has 1 fully saturated rings. The molecule has 4 rings (SSSR count). The number of hydrogen-bond acceptors (Lipinski definition) is 8. The van der Waals surface area contributed by atoms with Crippen molar-refractivity contribution in [1.29, 1.82) is 0 Å². The Labute approximate surface area is 197 Å². The number of ether oxygens (including phenoxy) is 1. The molecule has 1 aromatic carbocycles. The van der Waals surface area contributed by atoms with E-state index in [-0.39, 0.29) is 19.1 Å². The third-order valence-corrected chi connectivity index (χ3v) is 6.39. The number of aromatic nitrogens is 1. The van der Waals surface area contributed by atoms with Crippen molar-refractivity contribution in [2.24, 2.45) is 0 Å². The highest BCUT2D eigenvalue weighted by atomic mass is 32.1. The average molecular weight is 469 g/mol. The number of carbonyl (C=O) groups is 2. The van der Waals surface area contributed by atoms with Crippen molar-refractivity contribution in [3.63, 3.8) is 0 Å². The van der Waals surface area contributed by atoms with Crippen molar-refractivity contribution >= 4 is 28.2 Å². The normalized spacial score (nSPS) is 14.8. The standard InChI is InChI=1S/C24H28N4O4S/c1-3-31-24(30)22-20(18-7-5-4-6-8-18)16-33-23(22)25-21(29)15-28-11-9-27(10-12-28)14-19-13-17(2)26-32-19/h4-8,13,16H,3,9-12,14-15H2,1-2H3,(H,25,29). The van der Waals surface area contributed by atoms with Gasteiger partial charge >= 0.3 is 5.97 Å². The number of hydrogen-bond donors (Lipinski definition) is 1. The molecule has 174 valence electrons. The van der Waals surface area contributed by atoms with Crippen LogP contribution in [0.3, 0.4) is 0 Å². The second kappa shape index (κ2) is 10.7. The van der Waals surface area contributed by atoms with Crippen molar-refractivity contribution in [3.8, 4) is 11.1 Å². The molecule has 0 aliphatic carbocycles. The Morgan fingerprint density at radius 1 is 1.15 bits per heavy atom. The summed E-state index contributed by atoms with van der Waals surface area (Å²) in [5, 5.41) is 9.29. The number of benzene rings is 1. The summed E-state index contributed by atoms with van der Waals surface area (Å²) in [5.74, 6) is 0.294. The van der Waals surface area contributed by atoms with Gasteiger partial charge in [-0.15, -0.1) is 11.3 Å². The van der Waals surface area contributed by atoms with Gasteiger partial charge in [-0.2, -0.15) is 0 Å². The molecule has 0 bridgehead atoms. The van der Waals surface area contributed by atoms with Gasteiger partial charge in [-0.25, -0.2) is 4.79 Å². The Morgan fingerprint density at radius 2 is 1.88 bits per heavy atom. The fourth-order valence-corrected chi connectivity index (χ4v) is 4.85. The Bertz CT molecular complexity index is 1090. The first-order valence-electron chi connectivity index (χ1n) is 11.0. The summed E-state index contributed by atoms with van der Waals surface area (Å²) in [6.07, 6.45) is 0. The first kappa shape index (κ1) is 23.2. The SMILES string of the molecule is CCOC(=O)c1c(-c2ccccc2)csc1NC(=O)CN1CCN(Cc2cc(C)no2)CC1. The van der Waals surface area contributed by atoms with Crippen LogP contribution >= 0.6 is 11.3 Å². The zero-order valence-electron chi connectivity index (χ0n) is 18.9. The van der Waals surface area contributed by atoms with Gasteiger partial charge in [-0.3, -0.25) is 14.6 Å². The summed E-state index contributed by atoms with van der Waals surface area (Å²) in [4.78, 5) is 29.9. The van der Waals surface area contributed by atoms with Crippen LogP contribution in [-0.4, -0.2) is 66.2 Å². The van der Waals surface area contributed by atoms with Gasteiger partial charge in [0.1, 0.15) is 10.6 Å². The number of aryl methyl sites for hydroxylation is 1. The molecule has 0 saturated carbocycles. The maximum absolute atomic E-state index is 12.8. The minimum atomic E-state index is -0.427. The van der Waals surface area contributed by atoms with Gasteiger partial charge in [0.2, 0.25) is 5.91 Å². The van der Waals surface area contributed by atoms with E-state index >= 15 is 0 Å². The Balaban J connectivity index is 1.36. The van der Waals surface area contributed by atoms with E-state index in [0.29, 0.717) is 10.6 Å². The number of rotatable bonds is 8. The molecule has 1 saturated heterocycles. The summed E-state index contributed by atoms with van der Waals surface area (Å²) >= 11 is 1.34. The van der Waals surface area contributed by atoms with E-state index < -0.39 is 5.97 Å². The van der Waals surface area contributed by atoms with Gasteiger partial charge in [0.25, 0.3) is 0 Å². The molecule has 33 heavy (non-hydrogen) atoms. The quantitative estimate of drug-likeness (QED) is 0.505. The van der Waals surface area contributed by atoms with E-state index in [1.807, 2.05) is 48.7 Å². The molecule has 1 aliphatic rings. The predicted octanol–water partition coefficient (Wildman–Crippen LogP) is 3.64. The highest BCUT2D eigenvalue weighted by Gasteiger charge is 2.24. The molecule has 0 spiro atoms. The van der Waals surface area contributed by atoms with E-state index in [1.165, 1.54) is 11.3 Å². The van der Waals surface area contributed by atoms with Gasteiger partial charge in [-0.05, 0) is 19.4 Å². The lowest BCUT2D eigenvalue weighted by Crippen LogP contribution is -2.48. The lowest BCUT2D eigenvalue weighted by molar-refractivity contribution is -0.117. The summed E-state index contributed by atoms with van der Waals surface area (Å²) in [6.45, 7) is 8.21. The highest BCUT2D eigenvalue weighted by Crippen LogP contribution is 2.36. The van der Waals surface area contributed by atoms with Crippen molar-refractivity contribution in [2.45, 2.75) is 20.4 Å². The molecule has 1 aliphatic heterocycles. The third-order valence-electron chi connectivity index (χ3n) is 5.50. The smallest absolute Gasteiger partial charge is 0.341 e. The number of anilines is 1. The van der Waals surface area contributed by atoms with Gasteiger partial charge < -0.3 is 14.6 Å². The lowest BCUT2D eigenvalue weighted by Gasteiger charge is -2.33. The van der Waals surface area contributed by atoms with Crippen LogP contribution in [0.4, 0.5) is 5.00 Å². The number of thiophene rings is 1. The summed E-state index contributed by atoms with van der Waals surface area (Å²) < 4.78 is 10.6. The lowest BCUT2D eigenvalue weighted by atomic mass is 10.0. The van der Waals surface area contributed by atoms with Crippen LogP contribution in [0.5, 0.6) is 0 Å². The molecule has 9 heteroatoms. The molecule has 0 radical (unpaired) electrons. The Hall–Kier alpha value is -3.01. The number of nitrogens with zero attached hydrogens (tertiary/aromatic N) is 3. The number of piperazine rings is 1. The second-order valence-corrected chi connectivity index (χ2v) is 8.85. The zero-order chi connectivity index (χ0) is 23.2. The van der Waals surface area contributed by atoms with E-state index in [9.17, 15) is 9.59 Å². The highest BCUT2D eigenvalue weighted by molar-refractivity contribution is 7.15. The van der Waals surface area contributed by atoms with Crippen molar-refractivity contribution < 1.29 is 18.8 Å². The Morgan fingerprint density at radius 3 is 2.55 bits per heavy atom. The predicted molar refractivity (Wildman–Crippen MR) is 127 cm³/mol. The third kappa shape index (κ3) is 5.87. The molecular formula is C24H28N4O4S. The summed E-state index contributed by atoms with van der Waals surface area (Å²) in [5.41, 5.74) is 2.97. The fourth-order valence-electron chi connectivity index (χ4n) is 3.87. The first-order chi connectivity index (χ1) is 16.0. The molecule has 8 nitrogen and oxygen atoms in total. The fraction of sp³-hybridized carbons (Fsp3) is 0.375. The van der Waals surface area contributed by atoms with Gasteiger partial charge in [0, 0.05) is 43.2 Å². The molecule has 1 N–H and O–H groups in total. The number of carbonyl (C=O) groups excluding carboxylic acids is 2. The van der Waals surface area contributed by atoms with Crippen LogP contribution in [0, 0.1) is 6.92 Å². The molecule has 1 amide bonds. The monoisotopic (exact) mass is 468 g/mol. The second-order valence-electron chi connectivity index (χ2n) is 7.98. The van der Waals surface area contributed by atoms with Crippen molar-refractivity contribution in [2.75, 3.05) is 44.6 Å². The Kier molecular flexibility index (Phi) is 7.54. The zero-order valence-corrected chi connectivity index (χ0v) is 19.7. The van der Waals surface area contributed by atoms with Crippen molar-refractivity contribution in [1.82, 2.24) is 15.0 Å². The number of esters is 1. The van der Waals surface area contributed by atoms with Gasteiger partial charge in [0.05, 0.1) is 25.4 Å². The maximum atomic E-state index is 12.8. The minimum absolute atomic E-state index is 0.138.